The molecule has 1 aromatic heterocycles. The van der Waals surface area contributed by atoms with Gasteiger partial charge in [0.25, 0.3) is 0 Å². The summed E-state index contributed by atoms with van der Waals surface area (Å²) in [4.78, 5) is 18.0. The zero-order valence-electron chi connectivity index (χ0n) is 23.1. The van der Waals surface area contributed by atoms with Crippen LogP contribution in [0.5, 0.6) is 0 Å². The molecule has 210 valence electrons. The maximum Gasteiger partial charge on any atom is 0.244 e. The zero-order valence-corrected chi connectivity index (χ0v) is 24.0. The molecular formula is C30H39N3O5S. The van der Waals surface area contributed by atoms with Crippen LogP contribution in [0.25, 0.3) is 0 Å². The summed E-state index contributed by atoms with van der Waals surface area (Å²) >= 11 is 0. The van der Waals surface area contributed by atoms with Crippen LogP contribution in [0, 0.1) is 20.8 Å². The van der Waals surface area contributed by atoms with Crippen LogP contribution in [0.1, 0.15) is 34.4 Å². The van der Waals surface area contributed by atoms with Crippen molar-refractivity contribution in [2.75, 3.05) is 45.9 Å². The first-order chi connectivity index (χ1) is 18.7. The predicted molar refractivity (Wildman–Crippen MR) is 151 cm³/mol. The molecule has 1 fully saturated rings. The van der Waals surface area contributed by atoms with Crippen LogP contribution in [0.15, 0.2) is 70.2 Å². The molecule has 3 aromatic rings. The van der Waals surface area contributed by atoms with Crippen molar-refractivity contribution in [3.8, 4) is 0 Å². The van der Waals surface area contributed by atoms with E-state index >= 15 is 0 Å². The number of benzene rings is 2. The lowest BCUT2D eigenvalue weighted by atomic mass is 10.1. The van der Waals surface area contributed by atoms with Gasteiger partial charge in [-0.05, 0) is 62.6 Å². The van der Waals surface area contributed by atoms with Gasteiger partial charge < -0.3 is 14.1 Å². The molecule has 0 N–H and O–H groups in total. The summed E-state index contributed by atoms with van der Waals surface area (Å²) in [5.74, 6) is 0.374. The second-order valence-corrected chi connectivity index (χ2v) is 12.1. The van der Waals surface area contributed by atoms with Crippen LogP contribution < -0.4 is 0 Å². The van der Waals surface area contributed by atoms with Crippen molar-refractivity contribution >= 4 is 15.9 Å². The molecule has 9 heteroatoms. The summed E-state index contributed by atoms with van der Waals surface area (Å²) in [6.07, 6.45) is 2.19. The standard InChI is InChI=1S/C30H39N3O5S/c1-24-19-25(2)30(26(3)20-24)39(35,36)33(13-8-12-31-14-17-37-18-15-31)23-29(34)32(22-28-11-7-16-38-28)21-27-9-5-4-6-10-27/h4-7,9-11,16,19-20H,8,12-15,17-18,21-23H2,1-3H3. The number of aryl methyl sites for hydroxylation is 3. The summed E-state index contributed by atoms with van der Waals surface area (Å²) in [5, 5.41) is 0. The third kappa shape index (κ3) is 7.79. The Kier molecular flexibility index (Phi) is 9.96. The smallest absolute Gasteiger partial charge is 0.244 e. The molecule has 0 aliphatic carbocycles. The number of hydrogen-bond donors (Lipinski definition) is 0. The second kappa shape index (κ2) is 13.4. The van der Waals surface area contributed by atoms with Gasteiger partial charge in [-0.3, -0.25) is 9.69 Å². The molecule has 1 amide bonds. The van der Waals surface area contributed by atoms with E-state index in [0.717, 1.165) is 30.8 Å². The third-order valence-corrected chi connectivity index (χ3v) is 9.15. The molecule has 0 bridgehead atoms. The van der Waals surface area contributed by atoms with Crippen molar-refractivity contribution in [2.45, 2.75) is 45.2 Å². The summed E-state index contributed by atoms with van der Waals surface area (Å²) in [6.45, 7) is 9.97. The Morgan fingerprint density at radius 2 is 1.64 bits per heavy atom. The molecule has 39 heavy (non-hydrogen) atoms. The van der Waals surface area contributed by atoms with E-state index in [1.54, 1.807) is 17.2 Å². The lowest BCUT2D eigenvalue weighted by Gasteiger charge is -2.30. The molecule has 1 aliphatic heterocycles. The van der Waals surface area contributed by atoms with Gasteiger partial charge in [0.05, 0.1) is 37.5 Å². The molecule has 1 saturated heterocycles. The minimum atomic E-state index is -3.93. The fraction of sp³-hybridized carbons (Fsp3) is 0.433. The first kappa shape index (κ1) is 29.0. The van der Waals surface area contributed by atoms with Crippen molar-refractivity contribution < 1.29 is 22.4 Å². The van der Waals surface area contributed by atoms with Gasteiger partial charge in [-0.15, -0.1) is 0 Å². The molecule has 0 spiro atoms. The number of furan rings is 1. The first-order valence-electron chi connectivity index (χ1n) is 13.5. The number of sulfonamides is 1. The van der Waals surface area contributed by atoms with Crippen molar-refractivity contribution in [2.24, 2.45) is 0 Å². The maximum atomic E-state index is 14.1. The van der Waals surface area contributed by atoms with Crippen LogP contribution in [-0.4, -0.2) is 74.4 Å². The Morgan fingerprint density at radius 1 is 0.949 bits per heavy atom. The highest BCUT2D eigenvalue weighted by Crippen LogP contribution is 2.26. The number of hydrogen-bond acceptors (Lipinski definition) is 6. The van der Waals surface area contributed by atoms with Gasteiger partial charge in [0.2, 0.25) is 15.9 Å². The van der Waals surface area contributed by atoms with Crippen LogP contribution >= 0.6 is 0 Å². The van der Waals surface area contributed by atoms with Crippen LogP contribution in [0.4, 0.5) is 0 Å². The van der Waals surface area contributed by atoms with Crippen LogP contribution in [0.3, 0.4) is 0 Å². The average Bonchev–Trinajstić information content (AvgIpc) is 3.41. The zero-order chi connectivity index (χ0) is 27.8. The van der Waals surface area contributed by atoms with E-state index in [2.05, 4.69) is 4.90 Å². The second-order valence-electron chi connectivity index (χ2n) is 10.2. The van der Waals surface area contributed by atoms with E-state index in [9.17, 15) is 13.2 Å². The topological polar surface area (TPSA) is 83.3 Å². The number of morpholine rings is 1. The average molecular weight is 554 g/mol. The van der Waals surface area contributed by atoms with Crippen molar-refractivity contribution in [1.29, 1.82) is 0 Å². The van der Waals surface area contributed by atoms with Gasteiger partial charge in [-0.2, -0.15) is 4.31 Å². The quantitative estimate of drug-likeness (QED) is 0.335. The summed E-state index contributed by atoms with van der Waals surface area (Å²) in [5.41, 5.74) is 3.35. The largest absolute Gasteiger partial charge is 0.467 e. The maximum absolute atomic E-state index is 14.1. The highest BCUT2D eigenvalue weighted by molar-refractivity contribution is 7.89. The van der Waals surface area contributed by atoms with Crippen LogP contribution in [-0.2, 0) is 32.6 Å². The lowest BCUT2D eigenvalue weighted by molar-refractivity contribution is -0.133. The summed E-state index contributed by atoms with van der Waals surface area (Å²) < 4.78 is 40.5. The number of amides is 1. The Bertz CT molecular complexity index is 1300. The molecule has 4 rings (SSSR count). The number of carbonyl (C=O) groups excluding carboxylic acids is 1. The van der Waals surface area contributed by atoms with E-state index in [-0.39, 0.29) is 30.4 Å². The lowest BCUT2D eigenvalue weighted by Crippen LogP contribution is -2.44. The first-order valence-corrected chi connectivity index (χ1v) is 14.9. The Labute approximate surface area is 232 Å². The molecule has 1 aliphatic rings. The van der Waals surface area contributed by atoms with Gasteiger partial charge in [0, 0.05) is 26.2 Å². The normalized spacial score (nSPS) is 14.6. The molecule has 0 atom stereocenters. The van der Waals surface area contributed by atoms with E-state index in [4.69, 9.17) is 9.15 Å². The van der Waals surface area contributed by atoms with Gasteiger partial charge in [0.1, 0.15) is 5.76 Å². The Morgan fingerprint density at radius 3 is 2.28 bits per heavy atom. The number of nitrogens with zero attached hydrogens (tertiary/aromatic N) is 3. The van der Waals surface area contributed by atoms with E-state index in [1.165, 1.54) is 4.31 Å². The highest BCUT2D eigenvalue weighted by Gasteiger charge is 2.31. The SMILES string of the molecule is Cc1cc(C)c(S(=O)(=O)N(CCCN2CCOCC2)CC(=O)N(Cc2ccccc2)Cc2ccco2)c(C)c1. The van der Waals surface area contributed by atoms with E-state index < -0.39 is 10.0 Å². The molecule has 0 unspecified atom stereocenters. The minimum absolute atomic E-state index is 0.244. The monoisotopic (exact) mass is 553 g/mol. The fourth-order valence-electron chi connectivity index (χ4n) is 5.16. The Hall–Kier alpha value is -2.98. The van der Waals surface area contributed by atoms with Gasteiger partial charge in [-0.25, -0.2) is 8.42 Å². The third-order valence-electron chi connectivity index (χ3n) is 7.00. The minimum Gasteiger partial charge on any atom is -0.467 e. The predicted octanol–water partition coefficient (Wildman–Crippen LogP) is 4.15. The summed E-state index contributed by atoms with van der Waals surface area (Å²) in [6, 6.07) is 17.1. The highest BCUT2D eigenvalue weighted by atomic mass is 32.2. The van der Waals surface area contributed by atoms with Crippen molar-refractivity contribution in [3.05, 3.63) is 88.9 Å². The molecule has 8 nitrogen and oxygen atoms in total. The van der Waals surface area contributed by atoms with Crippen LogP contribution in [0.2, 0.25) is 0 Å². The van der Waals surface area contributed by atoms with Gasteiger partial charge >= 0.3 is 0 Å². The van der Waals surface area contributed by atoms with Gasteiger partial charge in [0.15, 0.2) is 0 Å². The Balaban J connectivity index is 1.59. The summed E-state index contributed by atoms with van der Waals surface area (Å²) in [7, 11) is -3.93. The number of ether oxygens (including phenoxy) is 1. The molecule has 2 heterocycles. The van der Waals surface area contributed by atoms with E-state index in [1.807, 2.05) is 69.3 Å². The molecular weight excluding hydrogens is 514 g/mol. The molecule has 0 radical (unpaired) electrons. The van der Waals surface area contributed by atoms with Gasteiger partial charge in [-0.1, -0.05) is 48.0 Å². The van der Waals surface area contributed by atoms with Crippen molar-refractivity contribution in [1.82, 2.24) is 14.1 Å². The molecule has 2 aromatic carbocycles. The van der Waals surface area contributed by atoms with Crippen molar-refractivity contribution in [3.63, 3.8) is 0 Å². The number of carbonyl (C=O) groups is 1. The molecule has 0 saturated carbocycles. The number of rotatable bonds is 12. The van der Waals surface area contributed by atoms with E-state index in [0.29, 0.717) is 43.1 Å². The fourth-order valence-corrected chi connectivity index (χ4v) is 7.00.